The largest absolute Gasteiger partial charge is 0.317 e. The summed E-state index contributed by atoms with van der Waals surface area (Å²) in [7, 11) is 2.11. The van der Waals surface area contributed by atoms with E-state index in [0.29, 0.717) is 6.04 Å². The second-order valence-electron chi connectivity index (χ2n) is 5.43. The third-order valence-corrected chi connectivity index (χ3v) is 4.29. The summed E-state index contributed by atoms with van der Waals surface area (Å²) < 4.78 is 0. The van der Waals surface area contributed by atoms with Gasteiger partial charge >= 0.3 is 0 Å². The molecule has 1 aliphatic rings. The van der Waals surface area contributed by atoms with Crippen molar-refractivity contribution in [1.82, 2.24) is 5.32 Å². The van der Waals surface area contributed by atoms with Crippen molar-refractivity contribution in [1.29, 1.82) is 0 Å². The highest BCUT2D eigenvalue weighted by atomic mass is 14.9. The van der Waals surface area contributed by atoms with E-state index in [1.165, 1.54) is 44.9 Å². The second kappa shape index (κ2) is 8.59. The third kappa shape index (κ3) is 5.13. The molecule has 0 radical (unpaired) electrons. The molecule has 0 aromatic heterocycles. The Labute approximate surface area is 108 Å². The van der Waals surface area contributed by atoms with Crippen LogP contribution in [0.1, 0.15) is 65.2 Å². The predicted molar refractivity (Wildman–Crippen MR) is 75.9 cm³/mol. The van der Waals surface area contributed by atoms with Crippen molar-refractivity contribution < 1.29 is 0 Å². The van der Waals surface area contributed by atoms with Crippen LogP contribution in [0, 0.1) is 23.7 Å². The first-order chi connectivity index (χ1) is 8.31. The molecular formula is C16H29N. The van der Waals surface area contributed by atoms with Crippen molar-refractivity contribution in [3.8, 4) is 11.8 Å². The highest BCUT2D eigenvalue weighted by molar-refractivity contribution is 4.96. The first kappa shape index (κ1) is 14.6. The lowest BCUT2D eigenvalue weighted by atomic mass is 9.76. The van der Waals surface area contributed by atoms with E-state index in [0.717, 1.165) is 18.3 Å². The van der Waals surface area contributed by atoms with Gasteiger partial charge in [0.15, 0.2) is 0 Å². The number of rotatable bonds is 6. The molecule has 1 nitrogen and oxygen atoms in total. The molecule has 17 heavy (non-hydrogen) atoms. The second-order valence-corrected chi connectivity index (χ2v) is 5.43. The molecule has 1 rings (SSSR count). The van der Waals surface area contributed by atoms with Crippen LogP contribution < -0.4 is 5.32 Å². The topological polar surface area (TPSA) is 12.0 Å². The molecule has 0 heterocycles. The minimum atomic E-state index is 0.693. The maximum Gasteiger partial charge on any atom is 0.0103 e. The molecule has 1 N–H and O–H groups in total. The number of hydrogen-bond acceptors (Lipinski definition) is 1. The summed E-state index contributed by atoms with van der Waals surface area (Å²) in [6.07, 6.45) is 10.8. The van der Waals surface area contributed by atoms with Gasteiger partial charge in [0.2, 0.25) is 0 Å². The van der Waals surface area contributed by atoms with Gasteiger partial charge in [-0.3, -0.25) is 0 Å². The van der Waals surface area contributed by atoms with Gasteiger partial charge < -0.3 is 5.32 Å². The van der Waals surface area contributed by atoms with Gasteiger partial charge in [-0.25, -0.2) is 0 Å². The van der Waals surface area contributed by atoms with Crippen LogP contribution in [0.4, 0.5) is 0 Å². The molecule has 1 saturated carbocycles. The molecule has 1 unspecified atom stereocenters. The molecule has 1 fully saturated rings. The zero-order valence-electron chi connectivity index (χ0n) is 11.9. The maximum atomic E-state index is 3.51. The van der Waals surface area contributed by atoms with Crippen LogP contribution in [0.25, 0.3) is 0 Å². The van der Waals surface area contributed by atoms with Gasteiger partial charge in [0, 0.05) is 12.5 Å². The Bertz CT molecular complexity index is 240. The zero-order valence-corrected chi connectivity index (χ0v) is 11.9. The Balaban J connectivity index is 2.30. The van der Waals surface area contributed by atoms with Gasteiger partial charge in [-0.1, -0.05) is 32.6 Å². The fourth-order valence-corrected chi connectivity index (χ4v) is 3.26. The molecule has 0 saturated heterocycles. The molecule has 0 aromatic carbocycles. The lowest BCUT2D eigenvalue weighted by Gasteiger charge is -2.33. The summed E-state index contributed by atoms with van der Waals surface area (Å²) in [4.78, 5) is 0. The minimum absolute atomic E-state index is 0.693. The normalized spacial score (nSPS) is 26.1. The van der Waals surface area contributed by atoms with Gasteiger partial charge in [0.05, 0.1) is 0 Å². The van der Waals surface area contributed by atoms with Crippen molar-refractivity contribution in [2.75, 3.05) is 7.05 Å². The molecule has 0 amide bonds. The molecule has 1 aliphatic carbocycles. The monoisotopic (exact) mass is 235 g/mol. The first-order valence-electron chi connectivity index (χ1n) is 7.38. The quantitative estimate of drug-likeness (QED) is 0.687. The molecule has 0 bridgehead atoms. The molecule has 98 valence electrons. The Kier molecular flexibility index (Phi) is 7.37. The van der Waals surface area contributed by atoms with Crippen molar-refractivity contribution in [2.45, 2.75) is 71.3 Å². The van der Waals surface area contributed by atoms with E-state index >= 15 is 0 Å². The summed E-state index contributed by atoms with van der Waals surface area (Å²) >= 11 is 0. The van der Waals surface area contributed by atoms with Crippen LogP contribution in [-0.4, -0.2) is 13.1 Å². The average Bonchev–Trinajstić information content (AvgIpc) is 2.36. The summed E-state index contributed by atoms with van der Waals surface area (Å²) in [6.45, 7) is 4.25. The molecule has 0 spiro atoms. The van der Waals surface area contributed by atoms with E-state index in [-0.39, 0.29) is 0 Å². The lowest BCUT2D eigenvalue weighted by Crippen LogP contribution is -2.35. The molecular weight excluding hydrogens is 206 g/mol. The summed E-state index contributed by atoms with van der Waals surface area (Å²) in [5.74, 6) is 8.10. The van der Waals surface area contributed by atoms with Crippen LogP contribution >= 0.6 is 0 Å². The Morgan fingerprint density at radius 2 is 1.94 bits per heavy atom. The lowest BCUT2D eigenvalue weighted by molar-refractivity contribution is 0.213. The van der Waals surface area contributed by atoms with Crippen LogP contribution in [0.3, 0.4) is 0 Å². The molecule has 0 aromatic rings. The van der Waals surface area contributed by atoms with E-state index in [1.54, 1.807) is 0 Å². The fourth-order valence-electron chi connectivity index (χ4n) is 3.26. The van der Waals surface area contributed by atoms with Crippen molar-refractivity contribution >= 4 is 0 Å². The van der Waals surface area contributed by atoms with E-state index in [2.05, 4.69) is 31.1 Å². The van der Waals surface area contributed by atoms with Crippen LogP contribution in [0.15, 0.2) is 0 Å². The van der Waals surface area contributed by atoms with Gasteiger partial charge in [0.25, 0.3) is 0 Å². The highest BCUT2D eigenvalue weighted by Crippen LogP contribution is 2.34. The maximum absolute atomic E-state index is 3.51. The van der Waals surface area contributed by atoms with Gasteiger partial charge in [-0.2, -0.15) is 0 Å². The van der Waals surface area contributed by atoms with E-state index in [4.69, 9.17) is 0 Å². The first-order valence-corrected chi connectivity index (χ1v) is 7.38. The van der Waals surface area contributed by atoms with Crippen molar-refractivity contribution in [2.24, 2.45) is 11.8 Å². The smallest absolute Gasteiger partial charge is 0.0103 e. The highest BCUT2D eigenvalue weighted by Gasteiger charge is 2.25. The average molecular weight is 235 g/mol. The van der Waals surface area contributed by atoms with Crippen molar-refractivity contribution in [3.63, 3.8) is 0 Å². The number of nitrogens with one attached hydrogen (secondary N) is 1. The summed E-state index contributed by atoms with van der Waals surface area (Å²) in [5, 5.41) is 3.51. The SMILES string of the molecule is CC#CCCC(NC)C1CCC(CCC)CC1. The van der Waals surface area contributed by atoms with E-state index in [9.17, 15) is 0 Å². The Morgan fingerprint density at radius 1 is 1.24 bits per heavy atom. The van der Waals surface area contributed by atoms with Crippen LogP contribution in [0.5, 0.6) is 0 Å². The van der Waals surface area contributed by atoms with E-state index in [1.807, 2.05) is 6.92 Å². The van der Waals surface area contributed by atoms with Crippen LogP contribution in [0.2, 0.25) is 0 Å². The van der Waals surface area contributed by atoms with Gasteiger partial charge in [0.1, 0.15) is 0 Å². The summed E-state index contributed by atoms with van der Waals surface area (Å²) in [5.41, 5.74) is 0. The third-order valence-electron chi connectivity index (χ3n) is 4.29. The standard InChI is InChI=1S/C16H29N/c1-4-6-7-9-16(17-3)15-12-10-14(8-5-2)11-13-15/h14-17H,5,7-13H2,1-3H3. The predicted octanol–water partition coefficient (Wildman–Crippen LogP) is 3.98. The number of hydrogen-bond donors (Lipinski definition) is 1. The fraction of sp³-hybridized carbons (Fsp3) is 0.875. The molecule has 0 aliphatic heterocycles. The Morgan fingerprint density at radius 3 is 2.47 bits per heavy atom. The Hall–Kier alpha value is -0.480. The molecule has 1 heteroatoms. The van der Waals surface area contributed by atoms with E-state index < -0.39 is 0 Å². The minimum Gasteiger partial charge on any atom is -0.317 e. The van der Waals surface area contributed by atoms with Gasteiger partial charge in [-0.15, -0.1) is 11.8 Å². The molecule has 1 atom stereocenters. The zero-order chi connectivity index (χ0) is 12.5. The van der Waals surface area contributed by atoms with Crippen molar-refractivity contribution in [3.05, 3.63) is 0 Å². The van der Waals surface area contributed by atoms with Gasteiger partial charge in [-0.05, 0) is 45.1 Å². The van der Waals surface area contributed by atoms with Crippen LogP contribution in [-0.2, 0) is 0 Å². The summed E-state index contributed by atoms with van der Waals surface area (Å²) in [6, 6.07) is 0.693.